The Morgan fingerprint density at radius 1 is 1.10 bits per heavy atom. The number of rotatable bonds is 4. The molecule has 0 N–H and O–H groups in total. The zero-order valence-corrected chi connectivity index (χ0v) is 17.9. The summed E-state index contributed by atoms with van der Waals surface area (Å²) in [7, 11) is 0. The Morgan fingerprint density at radius 3 is 2.45 bits per heavy atom. The lowest BCUT2D eigenvalue weighted by Gasteiger charge is -2.34. The van der Waals surface area contributed by atoms with Gasteiger partial charge in [0.15, 0.2) is 5.13 Å². The third kappa shape index (κ3) is 4.01. The average molecular weight is 462 g/mol. The molecule has 3 aromatic rings. The molecule has 2 aromatic carbocycles. The largest absolute Gasteiger partial charge is 0.345 e. The Labute approximate surface area is 185 Å². The number of carbonyl (C=O) groups is 1. The third-order valence-electron chi connectivity index (χ3n) is 5.18. The highest BCUT2D eigenvalue weighted by Crippen LogP contribution is 2.32. The first-order valence-electron chi connectivity index (χ1n) is 9.28. The molecule has 1 fully saturated rings. The molecule has 0 radical (unpaired) electrons. The molecule has 1 amide bonds. The van der Waals surface area contributed by atoms with Crippen molar-refractivity contribution in [3.63, 3.8) is 0 Å². The summed E-state index contributed by atoms with van der Waals surface area (Å²) in [5.41, 5.74) is 0.0224. The van der Waals surface area contributed by atoms with Gasteiger partial charge in [0.1, 0.15) is 0 Å². The fraction of sp³-hybridized carbons (Fsp3) is 0.263. The highest BCUT2D eigenvalue weighted by atomic mass is 35.5. The van der Waals surface area contributed by atoms with Crippen LogP contribution in [0.15, 0.2) is 30.3 Å². The summed E-state index contributed by atoms with van der Waals surface area (Å²) < 4.78 is 0.973. The van der Waals surface area contributed by atoms with Crippen LogP contribution in [0.1, 0.15) is 15.9 Å². The first-order valence-corrected chi connectivity index (χ1v) is 10.5. The van der Waals surface area contributed by atoms with E-state index in [4.69, 9.17) is 11.6 Å². The van der Waals surface area contributed by atoms with Crippen molar-refractivity contribution >= 4 is 55.6 Å². The van der Waals surface area contributed by atoms with E-state index in [0.717, 1.165) is 27.5 Å². The van der Waals surface area contributed by atoms with Crippen LogP contribution < -0.4 is 4.90 Å². The van der Waals surface area contributed by atoms with Crippen LogP contribution in [0.4, 0.5) is 16.5 Å². The van der Waals surface area contributed by atoms with Gasteiger partial charge in [0.2, 0.25) is 0 Å². The Morgan fingerprint density at radius 2 is 1.81 bits per heavy atom. The van der Waals surface area contributed by atoms with E-state index < -0.39 is 27.1 Å². The summed E-state index contributed by atoms with van der Waals surface area (Å²) in [6.07, 6.45) is 0. The summed E-state index contributed by atoms with van der Waals surface area (Å²) in [4.78, 5) is 42.3. The lowest BCUT2D eigenvalue weighted by atomic mass is 10.0. The topological polar surface area (TPSA) is 123 Å². The van der Waals surface area contributed by atoms with Gasteiger partial charge in [-0.05, 0) is 25.1 Å². The van der Waals surface area contributed by atoms with Crippen LogP contribution in [-0.2, 0) is 0 Å². The molecule has 0 aliphatic carbocycles. The number of hydrogen-bond donors (Lipinski definition) is 0. The van der Waals surface area contributed by atoms with Crippen molar-refractivity contribution in [2.75, 3.05) is 31.1 Å². The van der Waals surface area contributed by atoms with E-state index in [0.29, 0.717) is 31.2 Å². The zero-order chi connectivity index (χ0) is 22.3. The molecule has 4 rings (SSSR count). The molecule has 1 aliphatic heterocycles. The summed E-state index contributed by atoms with van der Waals surface area (Å²) in [5, 5.41) is 23.9. The molecule has 0 bridgehead atoms. The van der Waals surface area contributed by atoms with Gasteiger partial charge < -0.3 is 9.80 Å². The minimum Gasteiger partial charge on any atom is -0.345 e. The van der Waals surface area contributed by atoms with Crippen LogP contribution in [0.2, 0.25) is 5.02 Å². The number of halogens is 1. The normalized spacial score (nSPS) is 14.1. The standard InChI is InChI=1S/C19H16ClN5O5S/c1-11-14(9-13(24(27)28)10-16(11)25(29)30)18(26)22-4-6-23(7-5-22)19-21-15-3-2-12(20)8-17(15)31-19/h2-3,8-10H,4-7H2,1H3. The Bertz CT molecular complexity index is 1220. The number of anilines is 1. The second-order valence-corrected chi connectivity index (χ2v) is 8.48. The van der Waals surface area contributed by atoms with Crippen molar-refractivity contribution in [3.8, 4) is 0 Å². The van der Waals surface area contributed by atoms with E-state index in [1.54, 1.807) is 11.0 Å². The minimum atomic E-state index is -0.736. The molecule has 1 aromatic heterocycles. The number of nitrogens with zero attached hydrogens (tertiary/aromatic N) is 5. The van der Waals surface area contributed by atoms with Crippen LogP contribution in [0, 0.1) is 27.2 Å². The molecule has 0 spiro atoms. The summed E-state index contributed by atoms with van der Waals surface area (Å²) >= 11 is 7.55. The van der Waals surface area contributed by atoms with Gasteiger partial charge in [-0.1, -0.05) is 22.9 Å². The van der Waals surface area contributed by atoms with E-state index in [1.165, 1.54) is 18.3 Å². The van der Waals surface area contributed by atoms with Crippen LogP contribution in [0.3, 0.4) is 0 Å². The van der Waals surface area contributed by atoms with Crippen molar-refractivity contribution in [3.05, 3.63) is 66.7 Å². The number of piperazine rings is 1. The van der Waals surface area contributed by atoms with E-state index >= 15 is 0 Å². The van der Waals surface area contributed by atoms with E-state index in [-0.39, 0.29) is 11.1 Å². The lowest BCUT2D eigenvalue weighted by Crippen LogP contribution is -2.49. The number of amides is 1. The SMILES string of the molecule is Cc1c(C(=O)N2CCN(c3nc4ccc(Cl)cc4s3)CC2)cc([N+](=O)[O-])cc1[N+](=O)[O-]. The molecule has 12 heteroatoms. The molecule has 10 nitrogen and oxygen atoms in total. The highest BCUT2D eigenvalue weighted by molar-refractivity contribution is 7.22. The molecule has 160 valence electrons. The van der Waals surface area contributed by atoms with Crippen LogP contribution in [0.5, 0.6) is 0 Å². The van der Waals surface area contributed by atoms with Gasteiger partial charge in [0, 0.05) is 42.8 Å². The first kappa shape index (κ1) is 20.9. The Kier molecular flexibility index (Phi) is 5.46. The first-order chi connectivity index (χ1) is 14.7. The van der Waals surface area contributed by atoms with Gasteiger partial charge in [-0.25, -0.2) is 4.98 Å². The van der Waals surface area contributed by atoms with Gasteiger partial charge in [0.05, 0.1) is 31.7 Å². The number of nitro benzene ring substituents is 2. The Balaban J connectivity index is 1.54. The molecule has 1 saturated heterocycles. The number of non-ortho nitro benzene ring substituents is 1. The van der Waals surface area contributed by atoms with Crippen molar-refractivity contribution in [1.29, 1.82) is 0 Å². The number of benzene rings is 2. The quantitative estimate of drug-likeness (QED) is 0.424. The fourth-order valence-electron chi connectivity index (χ4n) is 3.49. The molecule has 0 atom stereocenters. The number of carbonyl (C=O) groups excluding carboxylic acids is 1. The zero-order valence-electron chi connectivity index (χ0n) is 16.3. The highest BCUT2D eigenvalue weighted by Gasteiger charge is 2.29. The molecule has 2 heterocycles. The van der Waals surface area contributed by atoms with Gasteiger partial charge in [-0.3, -0.25) is 25.0 Å². The predicted molar refractivity (Wildman–Crippen MR) is 117 cm³/mol. The molecule has 1 aliphatic rings. The smallest absolute Gasteiger partial charge is 0.279 e. The van der Waals surface area contributed by atoms with Crippen LogP contribution in [-0.4, -0.2) is 51.8 Å². The molecular weight excluding hydrogens is 446 g/mol. The summed E-state index contributed by atoms with van der Waals surface area (Å²) in [6, 6.07) is 7.48. The van der Waals surface area contributed by atoms with Crippen LogP contribution in [0.25, 0.3) is 10.2 Å². The fourth-order valence-corrected chi connectivity index (χ4v) is 4.79. The molecular formula is C19H16ClN5O5S. The predicted octanol–water partition coefficient (Wildman–Crippen LogP) is 4.04. The van der Waals surface area contributed by atoms with Gasteiger partial charge >= 0.3 is 0 Å². The molecule has 0 saturated carbocycles. The number of aromatic nitrogens is 1. The van der Waals surface area contributed by atoms with Crippen LogP contribution >= 0.6 is 22.9 Å². The number of fused-ring (bicyclic) bond motifs is 1. The number of thiazole rings is 1. The van der Waals surface area contributed by atoms with Crippen molar-refractivity contribution in [2.45, 2.75) is 6.92 Å². The van der Waals surface area contributed by atoms with Crippen molar-refractivity contribution < 1.29 is 14.6 Å². The van der Waals surface area contributed by atoms with E-state index in [2.05, 4.69) is 9.88 Å². The second kappa shape index (κ2) is 8.08. The summed E-state index contributed by atoms with van der Waals surface area (Å²) in [6.45, 7) is 3.21. The van der Waals surface area contributed by atoms with E-state index in [1.807, 2.05) is 12.1 Å². The van der Waals surface area contributed by atoms with Gasteiger partial charge in [0.25, 0.3) is 17.3 Å². The maximum atomic E-state index is 13.0. The monoisotopic (exact) mass is 461 g/mol. The third-order valence-corrected chi connectivity index (χ3v) is 6.49. The lowest BCUT2D eigenvalue weighted by molar-refractivity contribution is -0.394. The van der Waals surface area contributed by atoms with Gasteiger partial charge in [-0.2, -0.15) is 0 Å². The average Bonchev–Trinajstić information content (AvgIpc) is 3.16. The summed E-state index contributed by atoms with van der Waals surface area (Å²) in [5.74, 6) is -0.458. The van der Waals surface area contributed by atoms with Gasteiger partial charge in [-0.15, -0.1) is 0 Å². The second-order valence-electron chi connectivity index (χ2n) is 7.04. The maximum absolute atomic E-state index is 13.0. The van der Waals surface area contributed by atoms with Crippen molar-refractivity contribution in [1.82, 2.24) is 9.88 Å². The number of nitro groups is 2. The molecule has 0 unspecified atom stereocenters. The van der Waals surface area contributed by atoms with E-state index in [9.17, 15) is 25.0 Å². The Hall–Kier alpha value is -3.31. The number of hydrogen-bond acceptors (Lipinski definition) is 8. The van der Waals surface area contributed by atoms with Crippen molar-refractivity contribution in [2.24, 2.45) is 0 Å². The minimum absolute atomic E-state index is 0.0241. The molecule has 31 heavy (non-hydrogen) atoms. The maximum Gasteiger partial charge on any atom is 0.279 e.